The van der Waals surface area contributed by atoms with Crippen LogP contribution >= 0.6 is 0 Å². The van der Waals surface area contributed by atoms with Gasteiger partial charge in [0.25, 0.3) is 0 Å². The van der Waals surface area contributed by atoms with Gasteiger partial charge in [0.2, 0.25) is 0 Å². The number of aliphatic hydroxyl groups is 2. The summed E-state index contributed by atoms with van der Waals surface area (Å²) in [4.78, 5) is 0. The van der Waals surface area contributed by atoms with Crippen molar-refractivity contribution in [3.63, 3.8) is 0 Å². The normalized spacial score (nSPS) is 10.7. The van der Waals surface area contributed by atoms with E-state index in [4.69, 9.17) is 10.2 Å². The van der Waals surface area contributed by atoms with Gasteiger partial charge in [-0.25, -0.2) is 0 Å². The van der Waals surface area contributed by atoms with Gasteiger partial charge < -0.3 is 28.8 Å². The van der Waals surface area contributed by atoms with Crippen molar-refractivity contribution in [2.75, 3.05) is 6.61 Å². The largest absolute Gasteiger partial charge is 1.00 e. The Morgan fingerprint density at radius 2 is 1.71 bits per heavy atom. The van der Waals surface area contributed by atoms with Gasteiger partial charge in [-0.2, -0.15) is 0 Å². The zero-order chi connectivity index (χ0) is 4.28. The van der Waals surface area contributed by atoms with Gasteiger partial charge in [-0.05, 0) is 6.92 Å². The highest BCUT2D eigenvalue weighted by Crippen LogP contribution is 1.68. The molecule has 1 unspecified atom stereocenters. The van der Waals surface area contributed by atoms with Crippen LogP contribution in [0.2, 0.25) is 0 Å². The molecular weight excluding hydrogens is 117 g/mol. The van der Waals surface area contributed by atoms with Crippen molar-refractivity contribution in [2.24, 2.45) is 0 Å². The van der Waals surface area contributed by atoms with Gasteiger partial charge in [-0.15, -0.1) is 0 Å². The first-order valence-electron chi connectivity index (χ1n) is 1.56. The van der Waals surface area contributed by atoms with E-state index >= 15 is 0 Å². The van der Waals surface area contributed by atoms with E-state index < -0.39 is 6.10 Å². The summed E-state index contributed by atoms with van der Waals surface area (Å²) >= 11 is 0. The third-order valence-electron chi connectivity index (χ3n) is 0.264. The maximum absolute atomic E-state index is 8.11. The quantitative estimate of drug-likeness (QED) is 0.348. The Hall–Kier alpha value is 0.170. The number of halogens is 1. The van der Waals surface area contributed by atoms with Crippen molar-refractivity contribution in [3.05, 3.63) is 0 Å². The van der Waals surface area contributed by atoms with E-state index in [1.807, 2.05) is 0 Å². The fraction of sp³-hybridized carbons (Fsp3) is 1.00. The number of aliphatic hydroxyl groups excluding tert-OH is 2. The second kappa shape index (κ2) is 9.48. The highest BCUT2D eigenvalue weighted by Gasteiger charge is 1.83. The molecule has 4 heteroatoms. The summed E-state index contributed by atoms with van der Waals surface area (Å²) in [7, 11) is 0. The average Bonchev–Trinajstić information content (AvgIpc) is 1.38. The fourth-order valence-corrected chi connectivity index (χ4v) is 0. The summed E-state index contributed by atoms with van der Waals surface area (Å²) in [6.45, 7) is 1.39. The Bertz CT molecular complexity index is 26.9. The van der Waals surface area contributed by atoms with Crippen LogP contribution in [0.15, 0.2) is 0 Å². The Balaban J connectivity index is -0.0000000800. The number of rotatable bonds is 1. The SMILES string of the molecule is CC(O)CO.[Cl-].[NH4+]. The smallest absolute Gasteiger partial charge is 0.0742 e. The van der Waals surface area contributed by atoms with Crippen LogP contribution < -0.4 is 18.6 Å². The lowest BCUT2D eigenvalue weighted by atomic mass is 10.5. The van der Waals surface area contributed by atoms with Crippen LogP contribution in [-0.4, -0.2) is 22.9 Å². The summed E-state index contributed by atoms with van der Waals surface area (Å²) < 4.78 is 0. The predicted molar refractivity (Wildman–Crippen MR) is 24.8 cm³/mol. The molecule has 0 aliphatic rings. The first-order valence-corrected chi connectivity index (χ1v) is 1.56. The van der Waals surface area contributed by atoms with Crippen LogP contribution in [0, 0.1) is 0 Å². The summed E-state index contributed by atoms with van der Waals surface area (Å²) in [5, 5.41) is 16.0. The molecule has 0 saturated carbocycles. The molecule has 48 valence electrons. The highest BCUT2D eigenvalue weighted by molar-refractivity contribution is 4.33. The molecule has 0 spiro atoms. The second-order valence-corrected chi connectivity index (χ2v) is 1.03. The van der Waals surface area contributed by atoms with Crippen molar-refractivity contribution < 1.29 is 22.6 Å². The van der Waals surface area contributed by atoms with E-state index in [0.717, 1.165) is 0 Å². The van der Waals surface area contributed by atoms with E-state index in [2.05, 4.69) is 0 Å². The molecule has 0 rings (SSSR count). The van der Waals surface area contributed by atoms with Crippen LogP contribution in [0.3, 0.4) is 0 Å². The van der Waals surface area contributed by atoms with Gasteiger partial charge in [0.15, 0.2) is 0 Å². The minimum atomic E-state index is -0.560. The van der Waals surface area contributed by atoms with Crippen LogP contribution in [-0.2, 0) is 0 Å². The number of quaternary nitrogens is 1. The average molecular weight is 130 g/mol. The summed E-state index contributed by atoms with van der Waals surface area (Å²) in [6.07, 6.45) is -0.560. The molecule has 0 aliphatic heterocycles. The molecule has 0 aromatic carbocycles. The monoisotopic (exact) mass is 129 g/mol. The minimum Gasteiger partial charge on any atom is -1.00 e. The molecular formula is C3H12ClNO2. The topological polar surface area (TPSA) is 77.0 Å². The maximum atomic E-state index is 8.11. The Labute approximate surface area is 49.3 Å². The zero-order valence-corrected chi connectivity index (χ0v) is 5.31. The van der Waals surface area contributed by atoms with Crippen molar-refractivity contribution in [1.82, 2.24) is 6.15 Å². The lowest BCUT2D eigenvalue weighted by Crippen LogP contribution is -3.00. The van der Waals surface area contributed by atoms with E-state index in [-0.39, 0.29) is 25.2 Å². The molecule has 0 saturated heterocycles. The molecule has 0 amide bonds. The summed E-state index contributed by atoms with van der Waals surface area (Å²) in [5.74, 6) is 0. The first-order chi connectivity index (χ1) is 2.27. The van der Waals surface area contributed by atoms with E-state index in [0.29, 0.717) is 0 Å². The van der Waals surface area contributed by atoms with E-state index in [1.54, 1.807) is 0 Å². The molecule has 3 nitrogen and oxygen atoms in total. The first kappa shape index (κ1) is 15.7. The predicted octanol–water partition coefficient (Wildman–Crippen LogP) is -3.26. The van der Waals surface area contributed by atoms with Crippen molar-refractivity contribution in [2.45, 2.75) is 13.0 Å². The van der Waals surface area contributed by atoms with Gasteiger partial charge in [0, 0.05) is 0 Å². The third kappa shape index (κ3) is 22.8. The highest BCUT2D eigenvalue weighted by atomic mass is 35.5. The molecule has 0 bridgehead atoms. The molecule has 0 aromatic heterocycles. The molecule has 0 radical (unpaired) electrons. The molecule has 6 N–H and O–H groups in total. The van der Waals surface area contributed by atoms with Gasteiger partial charge in [0.1, 0.15) is 0 Å². The van der Waals surface area contributed by atoms with Gasteiger partial charge in [-0.3, -0.25) is 0 Å². The van der Waals surface area contributed by atoms with Gasteiger partial charge in [-0.1, -0.05) is 0 Å². The Morgan fingerprint density at radius 3 is 1.71 bits per heavy atom. The maximum Gasteiger partial charge on any atom is 0.0742 e. The van der Waals surface area contributed by atoms with Crippen LogP contribution in [0.5, 0.6) is 0 Å². The lowest BCUT2D eigenvalue weighted by molar-refractivity contribution is -0.00000379. The van der Waals surface area contributed by atoms with Gasteiger partial charge >= 0.3 is 0 Å². The van der Waals surface area contributed by atoms with E-state index in [9.17, 15) is 0 Å². The number of hydrogen-bond acceptors (Lipinski definition) is 2. The lowest BCUT2D eigenvalue weighted by Gasteiger charge is -1.90. The fourth-order valence-electron chi connectivity index (χ4n) is 0. The Kier molecular flexibility index (Phi) is 21.3. The summed E-state index contributed by atoms with van der Waals surface area (Å²) in [5.41, 5.74) is 0. The van der Waals surface area contributed by atoms with E-state index in [1.165, 1.54) is 6.92 Å². The van der Waals surface area contributed by atoms with Crippen LogP contribution in [0.4, 0.5) is 0 Å². The minimum absolute atomic E-state index is 0. The molecule has 0 aromatic rings. The van der Waals surface area contributed by atoms with Crippen LogP contribution in [0.25, 0.3) is 0 Å². The van der Waals surface area contributed by atoms with Crippen LogP contribution in [0.1, 0.15) is 6.92 Å². The second-order valence-electron chi connectivity index (χ2n) is 1.03. The zero-order valence-electron chi connectivity index (χ0n) is 4.56. The summed E-state index contributed by atoms with van der Waals surface area (Å²) in [6, 6.07) is 0. The molecule has 0 aliphatic carbocycles. The third-order valence-corrected chi connectivity index (χ3v) is 0.264. The molecule has 0 heterocycles. The van der Waals surface area contributed by atoms with Crippen molar-refractivity contribution >= 4 is 0 Å². The molecule has 7 heavy (non-hydrogen) atoms. The molecule has 1 atom stereocenters. The standard InChI is InChI=1S/C3H8O2.ClH.H3N/c1-3(5)2-4;;/h3-5H,2H2,1H3;1H;1H3. The molecule has 0 fully saturated rings. The Morgan fingerprint density at radius 1 is 1.57 bits per heavy atom. The van der Waals surface area contributed by atoms with Crippen molar-refractivity contribution in [1.29, 1.82) is 0 Å². The van der Waals surface area contributed by atoms with Gasteiger partial charge in [0.05, 0.1) is 12.7 Å². The van der Waals surface area contributed by atoms with Crippen molar-refractivity contribution in [3.8, 4) is 0 Å². The number of hydrogen-bond donors (Lipinski definition) is 3.